The van der Waals surface area contributed by atoms with Gasteiger partial charge in [-0.1, -0.05) is 29.4 Å². The van der Waals surface area contributed by atoms with E-state index < -0.39 is 0 Å². The van der Waals surface area contributed by atoms with E-state index in [4.69, 9.17) is 9.40 Å². The van der Waals surface area contributed by atoms with Crippen LogP contribution in [0.4, 0.5) is 16.1 Å². The van der Waals surface area contributed by atoms with Gasteiger partial charge in [-0.15, -0.1) is 5.11 Å². The number of benzene rings is 3. The molecule has 0 spiro atoms. The van der Waals surface area contributed by atoms with Crippen molar-refractivity contribution in [3.8, 4) is 22.7 Å². The van der Waals surface area contributed by atoms with Gasteiger partial charge in [0.1, 0.15) is 11.5 Å². The average Bonchev–Trinajstić information content (AvgIpc) is 3.40. The Bertz CT molecular complexity index is 1650. The molecule has 0 radical (unpaired) electrons. The molecule has 0 saturated carbocycles. The monoisotopic (exact) mass is 435 g/mol. The van der Waals surface area contributed by atoms with Crippen LogP contribution in [0.1, 0.15) is 11.1 Å². The first kappa shape index (κ1) is 19.3. The number of rotatable bonds is 3. The molecule has 2 heterocycles. The number of fused-ring (bicyclic) bond motifs is 4. The van der Waals surface area contributed by atoms with Crippen molar-refractivity contribution in [2.75, 3.05) is 0 Å². The normalized spacial score (nSPS) is 12.0. The maximum Gasteiger partial charge on any atom is 0.341 e. The number of H-pyrrole nitrogens is 1. The molecule has 0 fully saturated rings. The van der Waals surface area contributed by atoms with Gasteiger partial charge >= 0.3 is 6.01 Å². The summed E-state index contributed by atoms with van der Waals surface area (Å²) >= 11 is 0. The molecule has 1 aliphatic heterocycles. The van der Waals surface area contributed by atoms with Crippen LogP contribution in [0.3, 0.4) is 0 Å². The maximum absolute atomic E-state index is 13.2. The lowest BCUT2D eigenvalue weighted by Crippen LogP contribution is -1.92. The smallest absolute Gasteiger partial charge is 0.341 e. The standard InChI is InChI=1S/C26H18FN5O/c1-14-11-20-21(12-15(14)2)30-25-23(29-20)18-5-3-4-6-19(18)24(25)31-32-26-28-13-22(33-26)16-7-9-17(27)10-8-16/h3-13,30H,1-2H3. The fourth-order valence-electron chi connectivity index (χ4n) is 4.02. The summed E-state index contributed by atoms with van der Waals surface area (Å²) in [7, 11) is 0. The van der Waals surface area contributed by atoms with Crippen molar-refractivity contribution >= 4 is 33.5 Å². The van der Waals surface area contributed by atoms with Gasteiger partial charge in [0.05, 0.1) is 28.6 Å². The highest BCUT2D eigenvalue weighted by atomic mass is 19.1. The molecule has 6 rings (SSSR count). The van der Waals surface area contributed by atoms with Crippen LogP contribution in [0.15, 0.2) is 81.5 Å². The maximum atomic E-state index is 13.2. The average molecular weight is 435 g/mol. The van der Waals surface area contributed by atoms with E-state index in [-0.39, 0.29) is 11.8 Å². The number of nitrogens with zero attached hydrogens (tertiary/aromatic N) is 4. The molecule has 33 heavy (non-hydrogen) atoms. The molecule has 1 N–H and O–H groups in total. The third-order valence-electron chi connectivity index (χ3n) is 5.87. The summed E-state index contributed by atoms with van der Waals surface area (Å²) in [5, 5.41) is 10.7. The SMILES string of the molecule is Cc1cc2nc3c4ccccc4c(N=Nc4ncc(-c5ccc(F)cc5)o4)c-3[nH]c2cc1C. The van der Waals surface area contributed by atoms with Gasteiger partial charge in [-0.2, -0.15) is 4.98 Å². The molecule has 160 valence electrons. The van der Waals surface area contributed by atoms with Gasteiger partial charge in [0.2, 0.25) is 0 Å². The van der Waals surface area contributed by atoms with Crippen molar-refractivity contribution in [3.63, 3.8) is 0 Å². The third-order valence-corrected chi connectivity index (χ3v) is 5.87. The number of nitrogens with one attached hydrogen (secondary N) is 1. The number of azo groups is 1. The molecular weight excluding hydrogens is 417 g/mol. The molecule has 0 saturated heterocycles. The van der Waals surface area contributed by atoms with Crippen molar-refractivity contribution in [3.05, 3.63) is 83.8 Å². The lowest BCUT2D eigenvalue weighted by atomic mass is 10.1. The van der Waals surface area contributed by atoms with Gasteiger partial charge in [-0.05, 0) is 61.4 Å². The van der Waals surface area contributed by atoms with Crippen molar-refractivity contribution in [1.29, 1.82) is 0 Å². The summed E-state index contributed by atoms with van der Waals surface area (Å²) in [6.45, 7) is 4.16. The fourth-order valence-corrected chi connectivity index (χ4v) is 4.02. The summed E-state index contributed by atoms with van der Waals surface area (Å²) in [4.78, 5) is 12.6. The Kier molecular flexibility index (Phi) is 4.29. The molecule has 4 aromatic rings. The minimum Gasteiger partial charge on any atom is -0.421 e. The molecule has 1 aromatic heterocycles. The topological polar surface area (TPSA) is 79.4 Å². The number of oxazole rings is 1. The van der Waals surface area contributed by atoms with E-state index in [2.05, 4.69) is 46.2 Å². The number of halogens is 1. The number of aryl methyl sites for hydroxylation is 2. The second kappa shape index (κ2) is 7.34. The Morgan fingerprint density at radius 1 is 0.909 bits per heavy atom. The highest BCUT2D eigenvalue weighted by Gasteiger charge is 2.21. The Labute approximate surface area is 188 Å². The molecule has 3 aromatic carbocycles. The van der Waals surface area contributed by atoms with E-state index in [1.165, 1.54) is 23.3 Å². The molecule has 0 atom stereocenters. The molecule has 2 aliphatic rings. The van der Waals surface area contributed by atoms with Crippen LogP contribution in [0.2, 0.25) is 0 Å². The van der Waals surface area contributed by atoms with Crippen LogP contribution in [0.5, 0.6) is 0 Å². The summed E-state index contributed by atoms with van der Waals surface area (Å²) in [6, 6.07) is 18.3. The first-order valence-corrected chi connectivity index (χ1v) is 10.5. The van der Waals surface area contributed by atoms with Gasteiger partial charge in [0.15, 0.2) is 5.76 Å². The van der Waals surface area contributed by atoms with Crippen LogP contribution < -0.4 is 0 Å². The number of hydrogen-bond donors (Lipinski definition) is 1. The second-order valence-corrected chi connectivity index (χ2v) is 8.02. The minimum atomic E-state index is -0.309. The lowest BCUT2D eigenvalue weighted by molar-refractivity contribution is 0.577. The van der Waals surface area contributed by atoms with Gasteiger partial charge in [0, 0.05) is 16.3 Å². The van der Waals surface area contributed by atoms with E-state index in [1.807, 2.05) is 24.3 Å². The Balaban J connectivity index is 1.47. The summed E-state index contributed by atoms with van der Waals surface area (Å²) in [6.07, 6.45) is 1.55. The molecule has 0 bridgehead atoms. The molecule has 6 nitrogen and oxygen atoms in total. The zero-order valence-corrected chi connectivity index (χ0v) is 17.9. The van der Waals surface area contributed by atoms with Crippen molar-refractivity contribution in [1.82, 2.24) is 15.0 Å². The quantitative estimate of drug-likeness (QED) is 0.290. The van der Waals surface area contributed by atoms with Gasteiger partial charge in [-0.25, -0.2) is 9.37 Å². The third kappa shape index (κ3) is 3.25. The highest BCUT2D eigenvalue weighted by molar-refractivity contribution is 6.11. The number of aromatic nitrogens is 3. The molecule has 0 unspecified atom stereocenters. The van der Waals surface area contributed by atoms with E-state index >= 15 is 0 Å². The van der Waals surface area contributed by atoms with E-state index in [9.17, 15) is 4.39 Å². The lowest BCUT2D eigenvalue weighted by Gasteiger charge is -2.08. The highest BCUT2D eigenvalue weighted by Crippen LogP contribution is 2.44. The van der Waals surface area contributed by atoms with E-state index in [0.29, 0.717) is 17.0 Å². The fraction of sp³-hybridized carbons (Fsp3) is 0.0769. The Hall–Kier alpha value is -4.39. The number of hydrogen-bond acceptors (Lipinski definition) is 5. The summed E-state index contributed by atoms with van der Waals surface area (Å²) in [5.74, 6) is 0.183. The predicted molar refractivity (Wildman–Crippen MR) is 126 cm³/mol. The zero-order valence-electron chi connectivity index (χ0n) is 17.9. The van der Waals surface area contributed by atoms with Crippen LogP contribution >= 0.6 is 0 Å². The largest absolute Gasteiger partial charge is 0.421 e. The molecule has 7 heteroatoms. The van der Waals surface area contributed by atoms with E-state index in [0.717, 1.165) is 33.2 Å². The van der Waals surface area contributed by atoms with Crippen molar-refractivity contribution in [2.24, 2.45) is 10.2 Å². The van der Waals surface area contributed by atoms with Crippen LogP contribution in [0, 0.1) is 19.7 Å². The molecular formula is C26H18FN5O. The summed E-state index contributed by atoms with van der Waals surface area (Å²) in [5.41, 5.74) is 7.26. The van der Waals surface area contributed by atoms with Crippen LogP contribution in [0.25, 0.3) is 44.5 Å². The Morgan fingerprint density at radius 2 is 1.67 bits per heavy atom. The van der Waals surface area contributed by atoms with E-state index in [1.54, 1.807) is 18.3 Å². The zero-order chi connectivity index (χ0) is 22.5. The molecule has 1 aliphatic carbocycles. The summed E-state index contributed by atoms with van der Waals surface area (Å²) < 4.78 is 18.9. The van der Waals surface area contributed by atoms with Crippen LogP contribution in [-0.4, -0.2) is 15.0 Å². The predicted octanol–water partition coefficient (Wildman–Crippen LogP) is 7.65. The number of aromatic amines is 1. The van der Waals surface area contributed by atoms with Crippen molar-refractivity contribution in [2.45, 2.75) is 13.8 Å². The Morgan fingerprint density at radius 3 is 2.48 bits per heavy atom. The molecule has 0 amide bonds. The first-order valence-electron chi connectivity index (χ1n) is 10.5. The second-order valence-electron chi connectivity index (χ2n) is 8.02. The van der Waals surface area contributed by atoms with Gasteiger partial charge < -0.3 is 9.40 Å². The first-order chi connectivity index (χ1) is 16.1. The van der Waals surface area contributed by atoms with Crippen molar-refractivity contribution < 1.29 is 8.81 Å². The van der Waals surface area contributed by atoms with Crippen LogP contribution in [-0.2, 0) is 0 Å². The minimum absolute atomic E-state index is 0.118. The van der Waals surface area contributed by atoms with Gasteiger partial charge in [0.25, 0.3) is 0 Å². The van der Waals surface area contributed by atoms with Gasteiger partial charge in [-0.3, -0.25) is 0 Å².